The Morgan fingerprint density at radius 1 is 0.755 bits per heavy atom. The van der Waals surface area contributed by atoms with Crippen LogP contribution in [0.15, 0.2) is 42.5 Å². The van der Waals surface area contributed by atoms with Gasteiger partial charge in [0.25, 0.3) is 0 Å². The fraction of sp³-hybridized carbons (Fsp3) is 0.559. The van der Waals surface area contributed by atoms with Gasteiger partial charge in [-0.1, -0.05) is 12.1 Å². The third-order valence-electron chi connectivity index (χ3n) is 8.99. The van der Waals surface area contributed by atoms with Gasteiger partial charge in [-0.15, -0.1) is 0 Å². The second-order valence-electron chi connectivity index (χ2n) is 12.8. The molecule has 0 saturated carbocycles. The van der Waals surface area contributed by atoms with E-state index in [0.717, 1.165) is 6.08 Å². The number of phenolic OH excluding ortho intramolecular Hbond substituents is 4. The van der Waals surface area contributed by atoms with Gasteiger partial charge in [0.05, 0.1) is 25.9 Å². The molecule has 0 unspecified atom stereocenters. The summed E-state index contributed by atoms with van der Waals surface area (Å²) in [4.78, 5) is 13.2. The molecule has 3 aliphatic rings. The molecule has 0 spiro atoms. The molecule has 3 aliphatic heterocycles. The highest BCUT2D eigenvalue weighted by Gasteiger charge is 2.55. The van der Waals surface area contributed by atoms with Crippen LogP contribution in [-0.2, 0) is 44.4 Å². The van der Waals surface area contributed by atoms with Crippen LogP contribution in [0, 0.1) is 0 Å². The summed E-state index contributed by atoms with van der Waals surface area (Å²) < 4.78 is 40.9. The van der Waals surface area contributed by atoms with E-state index in [2.05, 4.69) is 0 Å². The molecule has 0 radical (unpaired) electrons. The molecule has 0 amide bonds. The van der Waals surface area contributed by atoms with Crippen LogP contribution in [0.25, 0.3) is 6.08 Å². The maximum Gasteiger partial charge on any atom is 0.331 e. The summed E-state index contributed by atoms with van der Waals surface area (Å²) in [6.07, 6.45) is -20.4. The monoisotopic (exact) mass is 756 g/mol. The molecular weight excluding hydrogens is 712 g/mol. The van der Waals surface area contributed by atoms with Crippen molar-refractivity contribution in [1.82, 2.24) is 0 Å². The number of hydrogen-bond donors (Lipinski definition) is 11. The smallest absolute Gasteiger partial charge is 0.331 e. The van der Waals surface area contributed by atoms with Gasteiger partial charge in [-0.3, -0.25) is 0 Å². The lowest BCUT2D eigenvalue weighted by atomic mass is 9.96. The molecule has 5 rings (SSSR count). The Labute approximate surface area is 302 Å². The molecule has 0 bridgehead atoms. The average molecular weight is 757 g/mol. The maximum absolute atomic E-state index is 13.2. The maximum atomic E-state index is 13.2. The Morgan fingerprint density at radius 2 is 1.42 bits per heavy atom. The topological polar surface area (TPSA) is 304 Å². The van der Waals surface area contributed by atoms with Gasteiger partial charge in [-0.2, -0.15) is 0 Å². The summed E-state index contributed by atoms with van der Waals surface area (Å²) in [6, 6.07) is 7.81. The number of aliphatic hydroxyl groups excluding tert-OH is 7. The summed E-state index contributed by atoms with van der Waals surface area (Å²) in [6.45, 7) is -0.101. The first-order chi connectivity index (χ1) is 25.2. The Kier molecular flexibility index (Phi) is 13.5. The molecule has 3 heterocycles. The SMILES string of the molecule is C[C@H]1O[C@@H](O[C@H]2[C@H](O[C@@H]3OC[C@@H](O)[C@H](O)[C@@H]3O)[C@@H](OCCc3ccc(O)c(O)c3)O[C@@H](CO)[C@@H]2OC(=O)/C=C/c2ccc(O)c(O)c2)[C@H](O)[C@H](O)[C@@H]1O. The highest BCUT2D eigenvalue weighted by Crippen LogP contribution is 2.35. The van der Waals surface area contributed by atoms with Crippen molar-refractivity contribution < 1.29 is 94.1 Å². The average Bonchev–Trinajstić information content (AvgIpc) is 3.13. The lowest BCUT2D eigenvalue weighted by Gasteiger charge is -2.49. The van der Waals surface area contributed by atoms with Crippen LogP contribution in [0.1, 0.15) is 18.1 Å². The van der Waals surface area contributed by atoms with E-state index in [4.69, 9.17) is 33.2 Å². The number of carbonyl (C=O) groups excluding carboxylic acids is 1. The molecule has 0 aromatic heterocycles. The molecule has 3 fully saturated rings. The third kappa shape index (κ3) is 9.53. The van der Waals surface area contributed by atoms with Crippen LogP contribution in [-0.4, -0.2) is 168 Å². The van der Waals surface area contributed by atoms with Crippen LogP contribution < -0.4 is 0 Å². The van der Waals surface area contributed by atoms with Gasteiger partial charge in [-0.25, -0.2) is 4.79 Å². The predicted molar refractivity (Wildman–Crippen MR) is 174 cm³/mol. The zero-order valence-corrected chi connectivity index (χ0v) is 28.2. The van der Waals surface area contributed by atoms with Gasteiger partial charge >= 0.3 is 5.97 Å². The van der Waals surface area contributed by atoms with E-state index in [1.165, 1.54) is 49.4 Å². The number of ether oxygens (including phenoxy) is 7. The zero-order chi connectivity index (χ0) is 38.6. The van der Waals surface area contributed by atoms with Gasteiger partial charge < -0.3 is 89.3 Å². The standard InChI is InChI=1S/C34H44O19/c1-14-24(42)26(44)28(46)33(49-14)52-30-29(51-23(41)7-4-15-2-5-17(36)19(38)10-15)22(12-35)50-34(47-9-8-16-3-6-18(37)20(39)11-16)31(30)53-32-27(45)25(43)21(40)13-48-32/h2-7,10-11,14,21-22,24-40,42-46H,8-9,12-13H2,1H3/b7-4+/t14-,21-,22+,24-,25+,26-,27+,28-,29+,30-,31+,32+,33+,34+/m1/s1. The fourth-order valence-electron chi connectivity index (χ4n) is 5.93. The molecule has 294 valence electrons. The molecule has 3 saturated heterocycles. The van der Waals surface area contributed by atoms with Gasteiger partial charge in [0, 0.05) is 6.08 Å². The van der Waals surface area contributed by atoms with Gasteiger partial charge in [-0.05, 0) is 54.8 Å². The van der Waals surface area contributed by atoms with Crippen molar-refractivity contribution in [2.45, 2.75) is 99.4 Å². The highest BCUT2D eigenvalue weighted by molar-refractivity contribution is 5.87. The molecule has 14 atom stereocenters. The van der Waals surface area contributed by atoms with Crippen molar-refractivity contribution in [3.05, 3.63) is 53.6 Å². The van der Waals surface area contributed by atoms with E-state index < -0.39 is 117 Å². The van der Waals surface area contributed by atoms with Crippen molar-refractivity contribution in [2.24, 2.45) is 0 Å². The second-order valence-corrected chi connectivity index (χ2v) is 12.8. The Hall–Kier alpha value is -3.67. The van der Waals surface area contributed by atoms with Crippen molar-refractivity contribution in [1.29, 1.82) is 0 Å². The zero-order valence-electron chi connectivity index (χ0n) is 28.2. The minimum atomic E-state index is -1.88. The molecule has 0 aliphatic carbocycles. The number of phenols is 4. The quantitative estimate of drug-likeness (QED) is 0.0603. The van der Waals surface area contributed by atoms with Gasteiger partial charge in [0.1, 0.15) is 54.9 Å². The minimum Gasteiger partial charge on any atom is -0.504 e. The van der Waals surface area contributed by atoms with E-state index in [0.29, 0.717) is 5.56 Å². The van der Waals surface area contributed by atoms with Crippen LogP contribution >= 0.6 is 0 Å². The summed E-state index contributed by atoms with van der Waals surface area (Å²) in [5, 5.41) is 112. The summed E-state index contributed by atoms with van der Waals surface area (Å²) >= 11 is 0. The van der Waals surface area contributed by atoms with Crippen LogP contribution in [0.3, 0.4) is 0 Å². The fourth-order valence-corrected chi connectivity index (χ4v) is 5.93. The van der Waals surface area contributed by atoms with E-state index in [-0.39, 0.29) is 30.1 Å². The van der Waals surface area contributed by atoms with E-state index in [1.807, 2.05) is 0 Å². The first-order valence-electron chi connectivity index (χ1n) is 16.6. The number of aromatic hydroxyl groups is 4. The second kappa shape index (κ2) is 17.6. The van der Waals surface area contributed by atoms with Gasteiger partial charge in [0.15, 0.2) is 48.0 Å². The Morgan fingerprint density at radius 3 is 2.09 bits per heavy atom. The molecule has 11 N–H and O–H groups in total. The number of carbonyl (C=O) groups is 1. The lowest BCUT2D eigenvalue weighted by Crippen LogP contribution is -2.67. The van der Waals surface area contributed by atoms with E-state index in [9.17, 15) is 61.0 Å². The van der Waals surface area contributed by atoms with Crippen LogP contribution in [0.2, 0.25) is 0 Å². The Balaban J connectivity index is 1.48. The Bertz CT molecular complexity index is 1560. The number of hydrogen-bond acceptors (Lipinski definition) is 19. The van der Waals surface area contributed by atoms with Crippen molar-refractivity contribution in [2.75, 3.05) is 19.8 Å². The van der Waals surface area contributed by atoms with Crippen molar-refractivity contribution >= 4 is 12.0 Å². The molecule has 53 heavy (non-hydrogen) atoms. The molecule has 2 aromatic carbocycles. The predicted octanol–water partition coefficient (Wildman–Crippen LogP) is -2.55. The molecular formula is C34H44O19. The first kappa shape index (κ1) is 40.5. The van der Waals surface area contributed by atoms with Crippen molar-refractivity contribution in [3.63, 3.8) is 0 Å². The van der Waals surface area contributed by atoms with E-state index >= 15 is 0 Å². The van der Waals surface area contributed by atoms with Crippen molar-refractivity contribution in [3.8, 4) is 23.0 Å². The number of aliphatic hydroxyl groups is 7. The minimum absolute atomic E-state index is 0.116. The molecule has 2 aromatic rings. The highest BCUT2D eigenvalue weighted by atomic mass is 16.8. The summed E-state index contributed by atoms with van der Waals surface area (Å²) in [5.74, 6) is -2.64. The van der Waals surface area contributed by atoms with Crippen LogP contribution in [0.5, 0.6) is 23.0 Å². The first-order valence-corrected chi connectivity index (χ1v) is 16.6. The summed E-state index contributed by atoms with van der Waals surface area (Å²) in [5.41, 5.74) is 0.800. The summed E-state index contributed by atoms with van der Waals surface area (Å²) in [7, 11) is 0. The van der Waals surface area contributed by atoms with E-state index in [1.54, 1.807) is 0 Å². The molecule has 19 nitrogen and oxygen atoms in total. The van der Waals surface area contributed by atoms with Crippen LogP contribution in [0.4, 0.5) is 0 Å². The number of benzene rings is 2. The molecule has 19 heteroatoms. The van der Waals surface area contributed by atoms with Gasteiger partial charge in [0.2, 0.25) is 0 Å². The normalized spacial score (nSPS) is 36.4. The lowest BCUT2D eigenvalue weighted by molar-refractivity contribution is -0.385. The number of esters is 1. The number of rotatable bonds is 12. The third-order valence-corrected chi connectivity index (χ3v) is 8.99. The largest absolute Gasteiger partial charge is 0.504 e.